The first-order valence-corrected chi connectivity index (χ1v) is 14.1. The van der Waals surface area contributed by atoms with Gasteiger partial charge in [-0.15, -0.1) is 0 Å². The monoisotopic (exact) mass is 571 g/mol. The van der Waals surface area contributed by atoms with Crippen LogP contribution in [0.1, 0.15) is 48.1 Å². The first kappa shape index (κ1) is 26.7. The molecule has 4 aromatic carbocycles. The number of fused-ring (bicyclic) bond motifs is 5. The molecule has 1 aliphatic carbocycles. The summed E-state index contributed by atoms with van der Waals surface area (Å²) in [4.78, 5) is 46.5. The Balaban J connectivity index is 1.59. The van der Waals surface area contributed by atoms with Crippen LogP contribution >= 0.6 is 0 Å². The van der Waals surface area contributed by atoms with Gasteiger partial charge in [-0.25, -0.2) is 0 Å². The Labute approximate surface area is 249 Å². The third kappa shape index (κ3) is 3.51. The zero-order chi connectivity index (χ0) is 29.9. The fraction of sp³-hybridized carbons (Fsp3) is 0.194. The summed E-state index contributed by atoms with van der Waals surface area (Å²) in [5.74, 6) is -0.703. The van der Waals surface area contributed by atoms with Crippen molar-refractivity contribution >= 4 is 29.1 Å². The van der Waals surface area contributed by atoms with Crippen LogP contribution in [0.25, 0.3) is 6.08 Å². The summed E-state index contributed by atoms with van der Waals surface area (Å²) in [6.45, 7) is 0. The second-order valence-electron chi connectivity index (χ2n) is 10.9. The lowest BCUT2D eigenvalue weighted by atomic mass is 9.64. The summed E-state index contributed by atoms with van der Waals surface area (Å²) >= 11 is 0. The van der Waals surface area contributed by atoms with Crippen molar-refractivity contribution in [1.82, 2.24) is 0 Å². The summed E-state index contributed by atoms with van der Waals surface area (Å²) in [6.07, 6.45) is 3.85. The largest absolute Gasteiger partial charge is 0.493 e. The van der Waals surface area contributed by atoms with Crippen LogP contribution in [0.5, 0.6) is 17.2 Å². The number of nitrogens with zero attached hydrogens (tertiary/aromatic N) is 1. The standard InChI is InChI=1S/C36H29NO6/c1-41-27-19-18-25(32(42-2)33(27)43-3)29-30(31(38)22-12-5-4-6-13-22)37-26-16-10-7-11-21(26)17-20-28(37)36(29)34(39)23-14-8-9-15-24(23)35(36)40/h4-20,28-30H,1-3H3/t28-,29+,30+/m0/s1. The van der Waals surface area contributed by atoms with E-state index in [0.29, 0.717) is 39.5 Å². The molecule has 0 amide bonds. The van der Waals surface area contributed by atoms with Crippen molar-refractivity contribution < 1.29 is 28.6 Å². The average Bonchev–Trinajstić information content (AvgIpc) is 3.49. The van der Waals surface area contributed by atoms with Crippen LogP contribution in [0, 0.1) is 5.41 Å². The molecule has 0 unspecified atom stereocenters. The van der Waals surface area contributed by atoms with Crippen LogP contribution in [-0.2, 0) is 0 Å². The molecule has 0 radical (unpaired) electrons. The maximum absolute atomic E-state index is 14.9. The topological polar surface area (TPSA) is 82.1 Å². The van der Waals surface area contributed by atoms with Gasteiger partial charge in [0.25, 0.3) is 0 Å². The minimum Gasteiger partial charge on any atom is -0.493 e. The average molecular weight is 572 g/mol. The molecule has 7 nitrogen and oxygen atoms in total. The van der Waals surface area contributed by atoms with Crippen LogP contribution in [0.15, 0.2) is 97.1 Å². The molecule has 2 heterocycles. The summed E-state index contributed by atoms with van der Waals surface area (Å²) in [7, 11) is 4.54. The van der Waals surface area contributed by atoms with Crippen LogP contribution in [0.2, 0.25) is 0 Å². The van der Waals surface area contributed by atoms with Crippen molar-refractivity contribution in [3.8, 4) is 17.2 Å². The fourth-order valence-electron chi connectivity index (χ4n) is 7.40. The predicted molar refractivity (Wildman–Crippen MR) is 163 cm³/mol. The van der Waals surface area contributed by atoms with Crippen molar-refractivity contribution in [3.63, 3.8) is 0 Å². The van der Waals surface area contributed by atoms with E-state index in [9.17, 15) is 14.4 Å². The maximum Gasteiger partial charge on any atom is 0.203 e. The molecule has 7 heteroatoms. The molecule has 0 N–H and O–H groups in total. The lowest BCUT2D eigenvalue weighted by Gasteiger charge is -2.37. The minimum atomic E-state index is -1.66. The van der Waals surface area contributed by atoms with E-state index in [2.05, 4.69) is 0 Å². The van der Waals surface area contributed by atoms with Gasteiger partial charge in [-0.3, -0.25) is 14.4 Å². The number of benzene rings is 4. The predicted octanol–water partition coefficient (Wildman–Crippen LogP) is 6.03. The highest BCUT2D eigenvalue weighted by Gasteiger charge is 2.72. The number of Topliss-reactive ketones (excluding diaryl/α,β-unsaturated/α-hetero) is 3. The highest BCUT2D eigenvalue weighted by Crippen LogP contribution is 2.63. The third-order valence-electron chi connectivity index (χ3n) is 9.11. The lowest BCUT2D eigenvalue weighted by molar-refractivity contribution is 0.0664. The van der Waals surface area contributed by atoms with Crippen molar-refractivity contribution in [1.29, 1.82) is 0 Å². The number of ether oxygens (including phenoxy) is 3. The van der Waals surface area contributed by atoms with Crippen LogP contribution in [0.3, 0.4) is 0 Å². The Morgan fingerprint density at radius 3 is 2.00 bits per heavy atom. The molecule has 1 saturated heterocycles. The van der Waals surface area contributed by atoms with Gasteiger partial charge in [-0.1, -0.05) is 91.0 Å². The lowest BCUT2D eigenvalue weighted by Crippen LogP contribution is -2.48. The van der Waals surface area contributed by atoms with Crippen molar-refractivity contribution in [2.24, 2.45) is 5.41 Å². The summed E-state index contributed by atoms with van der Waals surface area (Å²) in [5.41, 5.74) is 1.74. The molecule has 214 valence electrons. The van der Waals surface area contributed by atoms with E-state index < -0.39 is 23.4 Å². The SMILES string of the molecule is COc1ccc([C@@H]2[C@H](C(=O)c3ccccc3)N3c4ccccc4C=C[C@H]3C23C(=O)c2ccccc2C3=O)c(OC)c1OC. The number of para-hydroxylation sites is 1. The molecule has 1 spiro atoms. The molecule has 7 rings (SSSR count). The number of ketones is 3. The van der Waals surface area contributed by atoms with Crippen LogP contribution in [-0.4, -0.2) is 50.8 Å². The Morgan fingerprint density at radius 2 is 1.35 bits per heavy atom. The number of hydrogen-bond donors (Lipinski definition) is 0. The molecule has 0 saturated carbocycles. The van der Waals surface area contributed by atoms with Gasteiger partial charge in [0, 0.05) is 33.9 Å². The number of hydrogen-bond acceptors (Lipinski definition) is 7. The normalized spacial score (nSPS) is 20.9. The highest BCUT2D eigenvalue weighted by molar-refractivity contribution is 6.32. The van der Waals surface area contributed by atoms with E-state index in [1.807, 2.05) is 59.5 Å². The Hall–Kier alpha value is -5.17. The second kappa shape index (κ2) is 9.98. The molecule has 1 fully saturated rings. The molecular weight excluding hydrogens is 542 g/mol. The van der Waals surface area contributed by atoms with Gasteiger partial charge in [0.2, 0.25) is 5.75 Å². The summed E-state index contributed by atoms with van der Waals surface area (Å²) in [6, 6.07) is 25.5. The molecule has 0 bridgehead atoms. The van der Waals surface area contributed by atoms with Gasteiger partial charge in [-0.2, -0.15) is 0 Å². The van der Waals surface area contributed by atoms with Crippen molar-refractivity contribution in [3.05, 3.63) is 125 Å². The molecule has 43 heavy (non-hydrogen) atoms. The first-order valence-electron chi connectivity index (χ1n) is 14.1. The zero-order valence-electron chi connectivity index (χ0n) is 23.9. The van der Waals surface area contributed by atoms with Gasteiger partial charge in [0.1, 0.15) is 11.5 Å². The van der Waals surface area contributed by atoms with Crippen LogP contribution in [0.4, 0.5) is 5.69 Å². The molecule has 2 aliphatic heterocycles. The van der Waals surface area contributed by atoms with Gasteiger partial charge in [-0.05, 0) is 17.7 Å². The van der Waals surface area contributed by atoms with E-state index in [1.54, 1.807) is 48.5 Å². The molecule has 3 aliphatic rings. The van der Waals surface area contributed by atoms with Gasteiger partial charge < -0.3 is 19.1 Å². The van der Waals surface area contributed by atoms with Gasteiger partial charge >= 0.3 is 0 Å². The number of rotatable bonds is 6. The number of carbonyl (C=O) groups excluding carboxylic acids is 3. The Morgan fingerprint density at radius 1 is 0.721 bits per heavy atom. The second-order valence-corrected chi connectivity index (χ2v) is 10.9. The zero-order valence-corrected chi connectivity index (χ0v) is 23.9. The number of anilines is 1. The van der Waals surface area contributed by atoms with Crippen molar-refractivity contribution in [2.75, 3.05) is 26.2 Å². The Bertz CT molecular complexity index is 1790. The highest BCUT2D eigenvalue weighted by atomic mass is 16.5. The molecule has 0 aromatic heterocycles. The Kier molecular flexibility index (Phi) is 6.20. The summed E-state index contributed by atoms with van der Waals surface area (Å²) in [5, 5.41) is 0. The summed E-state index contributed by atoms with van der Waals surface area (Å²) < 4.78 is 17.3. The van der Waals surface area contributed by atoms with Gasteiger partial charge in [0.05, 0.1) is 27.4 Å². The number of methoxy groups -OCH3 is 3. The van der Waals surface area contributed by atoms with E-state index in [1.165, 1.54) is 21.3 Å². The van der Waals surface area contributed by atoms with E-state index >= 15 is 0 Å². The molecule has 4 aromatic rings. The number of carbonyl (C=O) groups is 3. The maximum atomic E-state index is 14.9. The van der Waals surface area contributed by atoms with Crippen LogP contribution < -0.4 is 19.1 Å². The molecular formula is C36H29NO6. The quantitative estimate of drug-likeness (QED) is 0.207. The van der Waals surface area contributed by atoms with E-state index in [4.69, 9.17) is 14.2 Å². The van der Waals surface area contributed by atoms with E-state index in [-0.39, 0.29) is 17.3 Å². The van der Waals surface area contributed by atoms with E-state index in [0.717, 1.165) is 11.3 Å². The van der Waals surface area contributed by atoms with Crippen molar-refractivity contribution in [2.45, 2.75) is 18.0 Å². The smallest absolute Gasteiger partial charge is 0.203 e. The van der Waals surface area contributed by atoms with Gasteiger partial charge in [0.15, 0.2) is 28.8 Å². The molecule has 3 atom stereocenters. The fourth-order valence-corrected chi connectivity index (χ4v) is 7.40. The third-order valence-corrected chi connectivity index (χ3v) is 9.11. The first-order chi connectivity index (χ1) is 21.0. The minimum absolute atomic E-state index is 0.203.